The molecular weight excluding hydrogens is 322 g/mol. The lowest BCUT2D eigenvalue weighted by Crippen LogP contribution is -2.49. The van der Waals surface area contributed by atoms with E-state index in [9.17, 15) is 14.4 Å². The summed E-state index contributed by atoms with van der Waals surface area (Å²) < 4.78 is 10.8. The predicted molar refractivity (Wildman–Crippen MR) is 93.1 cm³/mol. The third kappa shape index (κ3) is 4.38. The molecule has 1 aromatic carbocycles. The minimum atomic E-state index is -0.633. The van der Waals surface area contributed by atoms with Gasteiger partial charge in [-0.1, -0.05) is 6.92 Å². The van der Waals surface area contributed by atoms with Gasteiger partial charge < -0.3 is 14.4 Å². The Morgan fingerprint density at radius 3 is 2.60 bits per heavy atom. The molecule has 1 aliphatic heterocycles. The molecule has 0 aliphatic carbocycles. The zero-order chi connectivity index (χ0) is 18.4. The number of amides is 1. The molecule has 1 atom stereocenters. The summed E-state index contributed by atoms with van der Waals surface area (Å²) in [6.07, 6.45) is 3.12. The van der Waals surface area contributed by atoms with Gasteiger partial charge >= 0.3 is 0 Å². The molecule has 1 aromatic rings. The van der Waals surface area contributed by atoms with E-state index < -0.39 is 17.7 Å². The molecule has 1 heterocycles. The smallest absolute Gasteiger partial charge is 0.295 e. The third-order valence-corrected chi connectivity index (χ3v) is 4.31. The number of carbonyl (C=O) groups is 3. The molecule has 6 heteroatoms. The van der Waals surface area contributed by atoms with Gasteiger partial charge in [0.2, 0.25) is 0 Å². The molecule has 1 saturated heterocycles. The molecular formula is C19H25NO5. The summed E-state index contributed by atoms with van der Waals surface area (Å²) in [7, 11) is 1.52. The minimum Gasteiger partial charge on any atom is -0.493 e. The van der Waals surface area contributed by atoms with Crippen molar-refractivity contribution in [3.63, 3.8) is 0 Å². The first-order valence-corrected chi connectivity index (χ1v) is 8.66. The fourth-order valence-electron chi connectivity index (χ4n) is 2.99. The van der Waals surface area contributed by atoms with E-state index in [1.165, 1.54) is 25.0 Å². The number of benzene rings is 1. The van der Waals surface area contributed by atoms with E-state index in [1.807, 2.05) is 6.92 Å². The van der Waals surface area contributed by atoms with E-state index in [0.717, 1.165) is 19.3 Å². The number of Topliss-reactive ketones (excluding diaryl/α,β-unsaturated/α-hetero) is 2. The minimum absolute atomic E-state index is 0.0810. The van der Waals surface area contributed by atoms with Crippen LogP contribution in [0.15, 0.2) is 18.2 Å². The van der Waals surface area contributed by atoms with Crippen molar-refractivity contribution < 1.29 is 23.9 Å². The van der Waals surface area contributed by atoms with Gasteiger partial charge in [0.25, 0.3) is 11.7 Å². The topological polar surface area (TPSA) is 72.9 Å². The first kappa shape index (κ1) is 19.0. The van der Waals surface area contributed by atoms with Crippen molar-refractivity contribution in [3.8, 4) is 11.5 Å². The number of ketones is 2. The van der Waals surface area contributed by atoms with E-state index in [2.05, 4.69) is 0 Å². The molecule has 1 amide bonds. The maximum atomic E-state index is 12.6. The van der Waals surface area contributed by atoms with Crippen LogP contribution >= 0.6 is 0 Å². The van der Waals surface area contributed by atoms with Crippen molar-refractivity contribution in [1.82, 2.24) is 4.90 Å². The maximum absolute atomic E-state index is 12.6. The number of nitrogens with zero attached hydrogens (tertiary/aromatic N) is 1. The Balaban J connectivity index is 2.23. The Bertz CT molecular complexity index is 655. The van der Waals surface area contributed by atoms with E-state index in [4.69, 9.17) is 9.47 Å². The summed E-state index contributed by atoms with van der Waals surface area (Å²) in [5.41, 5.74) is 0.241. The van der Waals surface area contributed by atoms with Crippen LogP contribution in [0.3, 0.4) is 0 Å². The van der Waals surface area contributed by atoms with E-state index in [-0.39, 0.29) is 11.3 Å². The Morgan fingerprint density at radius 1 is 1.20 bits per heavy atom. The lowest BCUT2D eigenvalue weighted by atomic mass is 9.97. The van der Waals surface area contributed by atoms with Crippen molar-refractivity contribution in [2.75, 3.05) is 20.3 Å². The van der Waals surface area contributed by atoms with Gasteiger partial charge in [-0.25, -0.2) is 0 Å². The normalized spacial score (nSPS) is 17.1. The predicted octanol–water partition coefficient (Wildman–Crippen LogP) is 2.64. The standard InChI is InChI=1S/C19H25NO5/c1-4-11-25-17-12-14(8-9-16(17)24-3)18(22)19(23)20-10-6-5-7-15(20)13(2)21/h8-9,12,15H,4-7,10-11H2,1-3H3. The number of likely N-dealkylation sites (tertiary alicyclic amines) is 1. The molecule has 1 unspecified atom stereocenters. The molecule has 0 aromatic heterocycles. The number of hydrogen-bond acceptors (Lipinski definition) is 5. The van der Waals surface area contributed by atoms with E-state index in [0.29, 0.717) is 31.1 Å². The highest BCUT2D eigenvalue weighted by molar-refractivity contribution is 6.43. The summed E-state index contributed by atoms with van der Waals surface area (Å²) in [6.45, 7) is 4.36. The molecule has 0 bridgehead atoms. The summed E-state index contributed by atoms with van der Waals surface area (Å²) in [4.78, 5) is 38.5. The molecule has 1 aliphatic rings. The number of carbonyl (C=O) groups excluding carboxylic acids is 3. The number of rotatable bonds is 7. The molecule has 2 rings (SSSR count). The number of ether oxygens (including phenoxy) is 2. The SMILES string of the molecule is CCCOc1cc(C(=O)C(=O)N2CCCCC2C(C)=O)ccc1OC. The van der Waals surface area contributed by atoms with Gasteiger partial charge in [-0.3, -0.25) is 14.4 Å². The molecule has 1 fully saturated rings. The fourth-order valence-corrected chi connectivity index (χ4v) is 2.99. The van der Waals surface area contributed by atoms with Crippen molar-refractivity contribution in [3.05, 3.63) is 23.8 Å². The second-order valence-corrected chi connectivity index (χ2v) is 6.16. The Kier molecular flexibility index (Phi) is 6.56. The average molecular weight is 347 g/mol. The van der Waals surface area contributed by atoms with Crippen LogP contribution in [0.25, 0.3) is 0 Å². The highest BCUT2D eigenvalue weighted by atomic mass is 16.5. The summed E-state index contributed by atoms with van der Waals surface area (Å²) in [6, 6.07) is 4.19. The Hall–Kier alpha value is -2.37. The van der Waals surface area contributed by atoms with Crippen LogP contribution in [0.2, 0.25) is 0 Å². The van der Waals surface area contributed by atoms with Crippen LogP contribution in [0.4, 0.5) is 0 Å². The van der Waals surface area contributed by atoms with Crippen LogP contribution in [0.1, 0.15) is 49.9 Å². The highest BCUT2D eigenvalue weighted by Gasteiger charge is 2.33. The Labute approximate surface area is 148 Å². The first-order valence-electron chi connectivity index (χ1n) is 8.66. The van der Waals surface area contributed by atoms with E-state index in [1.54, 1.807) is 12.1 Å². The number of piperidine rings is 1. The van der Waals surface area contributed by atoms with Gasteiger partial charge in [0.1, 0.15) is 0 Å². The summed E-state index contributed by atoms with van der Waals surface area (Å²) >= 11 is 0. The zero-order valence-electron chi connectivity index (χ0n) is 15.0. The van der Waals surface area contributed by atoms with Gasteiger partial charge in [0, 0.05) is 12.1 Å². The summed E-state index contributed by atoms with van der Waals surface area (Å²) in [5, 5.41) is 0. The second kappa shape index (κ2) is 8.65. The highest BCUT2D eigenvalue weighted by Crippen LogP contribution is 2.29. The molecule has 25 heavy (non-hydrogen) atoms. The van der Waals surface area contributed by atoms with Crippen LogP contribution in [-0.2, 0) is 9.59 Å². The Morgan fingerprint density at radius 2 is 1.96 bits per heavy atom. The van der Waals surface area contributed by atoms with Gasteiger partial charge in [0.15, 0.2) is 17.3 Å². The van der Waals surface area contributed by atoms with Crippen molar-refractivity contribution >= 4 is 17.5 Å². The van der Waals surface area contributed by atoms with Crippen molar-refractivity contribution in [2.45, 2.75) is 45.6 Å². The van der Waals surface area contributed by atoms with Crippen LogP contribution in [0, 0.1) is 0 Å². The molecule has 0 spiro atoms. The van der Waals surface area contributed by atoms with Crippen molar-refractivity contribution in [2.24, 2.45) is 0 Å². The van der Waals surface area contributed by atoms with Crippen LogP contribution in [0.5, 0.6) is 11.5 Å². The molecule has 0 N–H and O–H groups in total. The monoisotopic (exact) mass is 347 g/mol. The third-order valence-electron chi connectivity index (χ3n) is 4.31. The molecule has 6 nitrogen and oxygen atoms in total. The number of methoxy groups -OCH3 is 1. The van der Waals surface area contributed by atoms with Crippen LogP contribution < -0.4 is 9.47 Å². The van der Waals surface area contributed by atoms with Gasteiger partial charge in [0.05, 0.1) is 19.8 Å². The second-order valence-electron chi connectivity index (χ2n) is 6.16. The number of hydrogen-bond donors (Lipinski definition) is 0. The molecule has 136 valence electrons. The maximum Gasteiger partial charge on any atom is 0.295 e. The van der Waals surface area contributed by atoms with E-state index >= 15 is 0 Å². The van der Waals surface area contributed by atoms with Gasteiger partial charge in [-0.05, 0) is 50.8 Å². The van der Waals surface area contributed by atoms with Gasteiger partial charge in [-0.2, -0.15) is 0 Å². The molecule has 0 saturated carbocycles. The largest absolute Gasteiger partial charge is 0.493 e. The lowest BCUT2D eigenvalue weighted by molar-refractivity contribution is -0.136. The van der Waals surface area contributed by atoms with Crippen LogP contribution in [-0.4, -0.2) is 48.7 Å². The lowest BCUT2D eigenvalue weighted by Gasteiger charge is -2.33. The zero-order valence-corrected chi connectivity index (χ0v) is 15.0. The molecule has 0 radical (unpaired) electrons. The summed E-state index contributed by atoms with van der Waals surface area (Å²) in [5.74, 6) is -0.395. The quantitative estimate of drug-likeness (QED) is 0.560. The van der Waals surface area contributed by atoms with Crippen molar-refractivity contribution in [1.29, 1.82) is 0 Å². The average Bonchev–Trinajstić information content (AvgIpc) is 2.64. The first-order chi connectivity index (χ1) is 12.0. The van der Waals surface area contributed by atoms with Gasteiger partial charge in [-0.15, -0.1) is 0 Å². The fraction of sp³-hybridized carbons (Fsp3) is 0.526.